The second kappa shape index (κ2) is 65.1. The number of rotatable bonds is 71. The molecule has 0 saturated heterocycles. The smallest absolute Gasteiger partial charge is 0.326 e. The Hall–Kier alpha value is -14.3. The van der Waals surface area contributed by atoms with Crippen LogP contribution in [0.4, 0.5) is 0 Å². The van der Waals surface area contributed by atoms with E-state index in [2.05, 4.69) is 90.1 Å². The van der Waals surface area contributed by atoms with Crippen LogP contribution in [-0.4, -0.2) is 268 Å². The summed E-state index contributed by atoms with van der Waals surface area (Å²) in [6.45, 7) is 12.8. The van der Waals surface area contributed by atoms with E-state index in [0.29, 0.717) is 34.9 Å². The fourth-order valence-corrected chi connectivity index (χ4v) is 15.5. The molecule has 0 radical (unpaired) electrons. The van der Waals surface area contributed by atoms with E-state index in [-0.39, 0.29) is 134 Å². The Balaban J connectivity index is 1.67. The van der Waals surface area contributed by atoms with E-state index in [1.165, 1.54) is 20.8 Å². The molecule has 0 fully saturated rings. The molecule has 17 atom stereocenters. The number of carbonyl (C=O) groups excluding carboxylic acids is 17. The van der Waals surface area contributed by atoms with Gasteiger partial charge in [-0.25, -0.2) is 4.79 Å². The molecule has 48 heteroatoms. The van der Waals surface area contributed by atoms with Crippen LogP contribution in [-0.2, 0) is 115 Å². The number of benzene rings is 3. The molecule has 0 aliphatic rings. The number of para-hydroxylation sites is 1. The third-order valence-corrected chi connectivity index (χ3v) is 24.2. The van der Waals surface area contributed by atoms with Gasteiger partial charge in [0.2, 0.25) is 100 Å². The van der Waals surface area contributed by atoms with Crippen molar-refractivity contribution in [3.63, 3.8) is 0 Å². The number of aromatic amines is 1. The average Bonchev–Trinajstić information content (AvgIpc) is 1.79. The van der Waals surface area contributed by atoms with Crippen molar-refractivity contribution in [2.75, 3.05) is 32.7 Å². The largest absolute Gasteiger partial charge is 0.481 e. The maximum Gasteiger partial charge on any atom is 0.326 e. The minimum absolute atomic E-state index is 0.0124. The van der Waals surface area contributed by atoms with Gasteiger partial charge in [-0.2, -0.15) is 0 Å². The molecule has 0 saturated carbocycles. The molecule has 17 amide bonds. The van der Waals surface area contributed by atoms with Crippen LogP contribution in [0.3, 0.4) is 0 Å². The zero-order valence-electron chi connectivity index (χ0n) is 83.7. The van der Waals surface area contributed by atoms with Crippen LogP contribution < -0.4 is 125 Å². The fourth-order valence-electron chi connectivity index (χ4n) is 15.5. The molecule has 0 unspecified atom stereocenters. The topological polar surface area (TPSA) is 816 Å². The van der Waals surface area contributed by atoms with Crippen LogP contribution in [0.25, 0.3) is 10.9 Å². The van der Waals surface area contributed by atoms with E-state index in [0.717, 1.165) is 5.56 Å². The third kappa shape index (κ3) is 45.5. The highest BCUT2D eigenvalue weighted by atomic mass is 16.4. The van der Waals surface area contributed by atoms with Crippen molar-refractivity contribution in [3.05, 3.63) is 108 Å². The van der Waals surface area contributed by atoms with Gasteiger partial charge < -0.3 is 146 Å². The highest BCUT2D eigenvalue weighted by Crippen LogP contribution is 2.23. The molecule has 0 spiro atoms. The van der Waals surface area contributed by atoms with E-state index in [4.69, 9.17) is 50.7 Å². The minimum atomic E-state index is -2.07. The lowest BCUT2D eigenvalue weighted by Crippen LogP contribution is -2.62. The summed E-state index contributed by atoms with van der Waals surface area (Å²) in [5.74, 6) is -24.2. The average molecular weight is 2040 g/mol. The van der Waals surface area contributed by atoms with Crippen molar-refractivity contribution in [2.45, 2.75) is 300 Å². The summed E-state index contributed by atoms with van der Waals surface area (Å²) in [7, 11) is 0. The number of fused-ring (bicyclic) bond motifs is 1. The first kappa shape index (κ1) is 123. The first-order chi connectivity index (χ1) is 68.7. The Bertz CT molecular complexity index is 4970. The molecule has 1 heterocycles. The second-order valence-electron chi connectivity index (χ2n) is 36.8. The van der Waals surface area contributed by atoms with Crippen LogP contribution in [0.2, 0.25) is 0 Å². The summed E-state index contributed by atoms with van der Waals surface area (Å²) in [4.78, 5) is 282. The number of aromatic nitrogens is 1. The highest BCUT2D eigenvalue weighted by molar-refractivity contribution is 6.02. The summed E-state index contributed by atoms with van der Waals surface area (Å²) >= 11 is 0. The number of guanidine groups is 1. The zero-order chi connectivity index (χ0) is 108. The Kier molecular flexibility index (Phi) is 55.2. The number of amides is 17. The highest BCUT2D eigenvalue weighted by Gasteiger charge is 2.41. The monoisotopic (exact) mass is 2030 g/mol. The van der Waals surface area contributed by atoms with Crippen molar-refractivity contribution in [3.8, 4) is 0 Å². The predicted molar refractivity (Wildman–Crippen MR) is 535 cm³/mol. The van der Waals surface area contributed by atoms with Crippen LogP contribution in [0.1, 0.15) is 207 Å². The number of nitrogens with two attached hydrogens (primary N) is 7. The molecule has 4 rings (SSSR count). The SMILES string of the molecule is CC[C@H](C)[C@H](NC(=O)[C@H](Cc1c[nH]c2ccccc12)NC(=O)[C@H](CCCCN)NC(=O)[C@H](CCCCN)NC(=O)[C@H](CC(C)C)NC(=O)[C@H](CCCNC(=N)N)NC(=O)[C@@H](N)Cc1ccccc1)C(=O)N[C@@H](CCC(N)=O)C(=O)N[C@@H](CCCCN)C(=O)N[C@H](C(=O)N[C@H](C(=O)N[C@@H](CC(=O)O)C(=O)N[C@@H](CCC(N)=O)C(=O)N[C@@H](Cc1ccccc1)C(=O)NCC(=O)N[C@@H](CCC(=O)O)C(=O)O)[C@@H](C)CC)C(C)C. The van der Waals surface area contributed by atoms with E-state index in [1.807, 2.05) is 0 Å². The molecule has 1 aromatic heterocycles. The van der Waals surface area contributed by atoms with Crippen molar-refractivity contribution in [1.82, 2.24) is 90.1 Å². The molecule has 0 bridgehead atoms. The van der Waals surface area contributed by atoms with Gasteiger partial charge in [0.1, 0.15) is 84.6 Å². The lowest BCUT2D eigenvalue weighted by atomic mass is 9.95. The number of unbranched alkanes of at least 4 members (excludes halogenated alkanes) is 3. The third-order valence-electron chi connectivity index (χ3n) is 24.2. The minimum Gasteiger partial charge on any atom is -0.481 e. The van der Waals surface area contributed by atoms with E-state index >= 15 is 14.4 Å². The Morgan fingerprint density at radius 1 is 0.359 bits per heavy atom. The summed E-state index contributed by atoms with van der Waals surface area (Å²) in [6, 6.07) is 0.795. The van der Waals surface area contributed by atoms with Crippen molar-refractivity contribution in [1.29, 1.82) is 5.41 Å². The first-order valence-corrected chi connectivity index (χ1v) is 49.1. The van der Waals surface area contributed by atoms with Gasteiger partial charge in [-0.15, -0.1) is 0 Å². The van der Waals surface area contributed by atoms with Gasteiger partial charge in [0.05, 0.1) is 19.0 Å². The van der Waals surface area contributed by atoms with Gasteiger partial charge in [0.25, 0.3) is 0 Å². The van der Waals surface area contributed by atoms with Gasteiger partial charge in [-0.3, -0.25) is 96.5 Å². The molecule has 35 N–H and O–H groups in total. The second-order valence-corrected chi connectivity index (χ2v) is 36.8. The lowest BCUT2D eigenvalue weighted by molar-refractivity contribution is -0.143. The Morgan fingerprint density at radius 2 is 0.724 bits per heavy atom. The summed E-state index contributed by atoms with van der Waals surface area (Å²) < 4.78 is 0. The van der Waals surface area contributed by atoms with Crippen LogP contribution in [0.5, 0.6) is 0 Å². The number of carboxylic acid groups (broad SMARTS) is 3. The first-order valence-electron chi connectivity index (χ1n) is 49.1. The summed E-state index contributed by atoms with van der Waals surface area (Å²) in [6.07, 6.45) is -1.25. The Morgan fingerprint density at radius 3 is 1.16 bits per heavy atom. The van der Waals surface area contributed by atoms with E-state index in [1.54, 1.807) is 126 Å². The summed E-state index contributed by atoms with van der Waals surface area (Å²) in [5.41, 5.74) is 43.2. The van der Waals surface area contributed by atoms with Crippen molar-refractivity contribution >= 4 is 135 Å². The number of carbonyl (C=O) groups is 20. The number of hydrogen-bond acceptors (Lipinski definition) is 25. The number of carboxylic acids is 3. The molecule has 3 aromatic carbocycles. The van der Waals surface area contributed by atoms with Gasteiger partial charge in [-0.1, -0.05) is 147 Å². The number of nitrogens with one attached hydrogen (secondary N) is 18. The van der Waals surface area contributed by atoms with Crippen LogP contribution >= 0.6 is 0 Å². The summed E-state index contributed by atoms with van der Waals surface area (Å²) in [5, 5.41) is 78.4. The van der Waals surface area contributed by atoms with Crippen LogP contribution in [0, 0.1) is 29.1 Å². The number of primary amides is 2. The molecule has 802 valence electrons. The van der Waals surface area contributed by atoms with Gasteiger partial charge in [0.15, 0.2) is 5.96 Å². The Labute approximate surface area is 842 Å². The molecule has 48 nitrogen and oxygen atoms in total. The van der Waals surface area contributed by atoms with Gasteiger partial charge in [-0.05, 0) is 169 Å². The normalized spacial score (nSPS) is 14.7. The molecule has 4 aromatic rings. The molecule has 0 aliphatic carbocycles. The number of aliphatic carboxylic acids is 3. The molecule has 145 heavy (non-hydrogen) atoms. The maximum atomic E-state index is 15.4. The predicted octanol–water partition coefficient (Wildman–Crippen LogP) is -3.17. The number of hydrogen-bond donors (Lipinski definition) is 28. The van der Waals surface area contributed by atoms with Gasteiger partial charge >= 0.3 is 17.9 Å². The lowest BCUT2D eigenvalue weighted by Gasteiger charge is -2.31. The quantitative estimate of drug-likeness (QED) is 0.0118. The van der Waals surface area contributed by atoms with Gasteiger partial charge in [0, 0.05) is 55.7 Å². The fraction of sp³-hybridized carbons (Fsp3) is 0.577. The van der Waals surface area contributed by atoms with Crippen molar-refractivity contribution < 1.29 is 111 Å². The van der Waals surface area contributed by atoms with Crippen LogP contribution in [0.15, 0.2) is 91.1 Å². The number of H-pyrrole nitrogens is 1. The van der Waals surface area contributed by atoms with E-state index < -0.39 is 278 Å². The standard InChI is InChI=1S/C97H151N25O23/c1-9-55(7)80(121-92(140)72(49-59-51-107-62-31-18-17-30-60(59)62)118-85(133)64(33-20-23-43-99)111-84(132)63(32-19-22-42-98)113-90(138)70(46-53(3)4)116-86(134)66(35-25-45-106-97(104)105)110-82(130)61(101)47-57-26-13-11-14-27-57)94(142)115-68(37-40-75(103)124)87(135)112-65(34-21-24-44-100)89(137)120-79(54(5)6)93(141)122-81(56(8)10-2)95(143)119-73(50-78(128)129)91(139)114-67(36-39-74(102)123)88(136)117-71(48-58-28-15-12-16-29-58)83(131)108-52-76(125)109-69(96(144)145)38-41-77(126)127/h11-18,26-31,51,53-56,61,63-73,79-81,107H,9-10,19-25,32-50,52,98-101H2,1-8H3,(H2,102,123)(H2,103,124)(H,108,131)(H,109,125)(H,110,130)(H,111,132)(H,112,135)(H,113,138)(H,114,139)(H,115,142)(H,116,134)(H,117,136)(H,118,133)(H,119,143)(H,120,137)(H,121,140)(H,122,141)(H,126,127)(H,128,129)(H,144,145)(H4,104,105,106)/t55-,56-,61-,63-,64-,65-,66-,67-,68-,69-,70-,71-,72-,73-,79-,80-,81-/m0/s1. The van der Waals surface area contributed by atoms with E-state index in [9.17, 15) is 91.7 Å². The maximum absolute atomic E-state index is 15.4. The molecule has 0 aliphatic heterocycles. The molecular formula is C97H151N25O23. The van der Waals surface area contributed by atoms with Crippen molar-refractivity contribution in [2.24, 2.45) is 63.8 Å². The zero-order valence-corrected chi connectivity index (χ0v) is 83.7. The molecular weight excluding hydrogens is 1880 g/mol.